The van der Waals surface area contributed by atoms with Crippen molar-refractivity contribution in [2.45, 2.75) is 19.6 Å². The van der Waals surface area contributed by atoms with Gasteiger partial charge in [-0.25, -0.2) is 0 Å². The molecule has 2 rings (SSSR count). The lowest BCUT2D eigenvalue weighted by Crippen LogP contribution is -2.24. The van der Waals surface area contributed by atoms with Crippen LogP contribution < -0.4 is 4.74 Å². The first-order chi connectivity index (χ1) is 9.60. The van der Waals surface area contributed by atoms with Gasteiger partial charge in [0.15, 0.2) is 0 Å². The van der Waals surface area contributed by atoms with Gasteiger partial charge in [-0.1, -0.05) is 11.6 Å². The average molecular weight is 292 g/mol. The molecule has 0 unspecified atom stereocenters. The fourth-order valence-corrected chi connectivity index (χ4v) is 1.82. The zero-order valence-electron chi connectivity index (χ0n) is 11.0. The second kappa shape index (κ2) is 6.42. The summed E-state index contributed by atoms with van der Waals surface area (Å²) in [5.41, 5.74) is 1.38. The van der Waals surface area contributed by atoms with E-state index in [2.05, 4.69) is 5.10 Å². The third kappa shape index (κ3) is 3.50. The Bertz CT molecular complexity index is 616. The second-order valence-corrected chi connectivity index (χ2v) is 4.77. The predicted molar refractivity (Wildman–Crippen MR) is 74.6 cm³/mol. The van der Waals surface area contributed by atoms with Crippen LogP contribution in [0, 0.1) is 18.3 Å². The van der Waals surface area contributed by atoms with Crippen molar-refractivity contribution in [2.24, 2.45) is 0 Å². The Balaban J connectivity index is 1.87. The third-order valence-corrected chi connectivity index (χ3v) is 3.22. The predicted octanol–water partition coefficient (Wildman–Crippen LogP) is 2.16. The SMILES string of the molecule is Cc1c(Cl)cnn1C[C@H](O)COc1ccc(C#N)cc1. The Morgan fingerprint density at radius 1 is 1.45 bits per heavy atom. The van der Waals surface area contributed by atoms with Gasteiger partial charge in [0.25, 0.3) is 0 Å². The Hall–Kier alpha value is -2.03. The fourth-order valence-electron chi connectivity index (χ4n) is 1.68. The van der Waals surface area contributed by atoms with Crippen LogP contribution in [0.5, 0.6) is 5.75 Å². The molecule has 1 aromatic heterocycles. The van der Waals surface area contributed by atoms with Gasteiger partial charge in [0.05, 0.1) is 35.1 Å². The normalized spacial score (nSPS) is 11.9. The van der Waals surface area contributed by atoms with Gasteiger partial charge in [-0.15, -0.1) is 0 Å². The van der Waals surface area contributed by atoms with Gasteiger partial charge in [-0.05, 0) is 31.2 Å². The molecule has 0 aliphatic carbocycles. The van der Waals surface area contributed by atoms with Gasteiger partial charge in [0.1, 0.15) is 18.5 Å². The number of nitrogens with zero attached hydrogens (tertiary/aromatic N) is 3. The molecular weight excluding hydrogens is 278 g/mol. The van der Waals surface area contributed by atoms with Crippen LogP contribution in [0.1, 0.15) is 11.3 Å². The van der Waals surface area contributed by atoms with Gasteiger partial charge in [-0.2, -0.15) is 10.4 Å². The van der Waals surface area contributed by atoms with Gasteiger partial charge < -0.3 is 9.84 Å². The molecular formula is C14H14ClN3O2. The van der Waals surface area contributed by atoms with Crippen LogP contribution in [0.3, 0.4) is 0 Å². The number of aromatic nitrogens is 2. The molecule has 0 aliphatic rings. The van der Waals surface area contributed by atoms with Crippen LogP contribution in [-0.2, 0) is 6.54 Å². The lowest BCUT2D eigenvalue weighted by Gasteiger charge is -2.13. The minimum atomic E-state index is -0.694. The van der Waals surface area contributed by atoms with E-state index in [1.807, 2.05) is 13.0 Å². The maximum atomic E-state index is 9.92. The number of hydrogen-bond acceptors (Lipinski definition) is 4. The number of nitriles is 1. The highest BCUT2D eigenvalue weighted by Gasteiger charge is 2.10. The number of ether oxygens (including phenoxy) is 1. The number of hydrogen-bond donors (Lipinski definition) is 1. The van der Waals surface area contributed by atoms with Crippen molar-refractivity contribution in [2.75, 3.05) is 6.61 Å². The lowest BCUT2D eigenvalue weighted by molar-refractivity contribution is 0.0888. The van der Waals surface area contributed by atoms with Crippen LogP contribution in [0.2, 0.25) is 5.02 Å². The standard InChI is InChI=1S/C14H14ClN3O2/c1-10-14(15)7-17-18(10)8-12(19)9-20-13-4-2-11(6-16)3-5-13/h2-5,7,12,19H,8-9H2,1H3/t12-/m0/s1. The molecule has 1 aromatic carbocycles. The van der Waals surface area contributed by atoms with E-state index in [-0.39, 0.29) is 6.61 Å². The van der Waals surface area contributed by atoms with E-state index in [1.54, 1.807) is 35.1 Å². The Kier molecular flexibility index (Phi) is 4.61. The molecule has 20 heavy (non-hydrogen) atoms. The van der Waals surface area contributed by atoms with Crippen molar-refractivity contribution in [1.82, 2.24) is 9.78 Å². The van der Waals surface area contributed by atoms with Gasteiger partial charge in [-0.3, -0.25) is 4.68 Å². The minimum absolute atomic E-state index is 0.142. The molecule has 5 nitrogen and oxygen atoms in total. The molecule has 0 spiro atoms. The summed E-state index contributed by atoms with van der Waals surface area (Å²) in [4.78, 5) is 0. The summed E-state index contributed by atoms with van der Waals surface area (Å²) in [6, 6.07) is 8.75. The maximum absolute atomic E-state index is 9.92. The zero-order valence-corrected chi connectivity index (χ0v) is 11.7. The summed E-state index contributed by atoms with van der Waals surface area (Å²) in [5.74, 6) is 0.610. The van der Waals surface area contributed by atoms with Crippen LogP contribution in [-0.4, -0.2) is 27.6 Å². The van der Waals surface area contributed by atoms with Crippen molar-refractivity contribution < 1.29 is 9.84 Å². The van der Waals surface area contributed by atoms with E-state index in [0.717, 1.165) is 5.69 Å². The van der Waals surface area contributed by atoms with Crippen molar-refractivity contribution in [1.29, 1.82) is 5.26 Å². The highest BCUT2D eigenvalue weighted by atomic mass is 35.5. The molecule has 0 amide bonds. The minimum Gasteiger partial charge on any atom is -0.491 e. The molecule has 104 valence electrons. The lowest BCUT2D eigenvalue weighted by atomic mass is 10.2. The maximum Gasteiger partial charge on any atom is 0.119 e. The number of aliphatic hydroxyl groups is 1. The van der Waals surface area contributed by atoms with E-state index < -0.39 is 6.10 Å². The van der Waals surface area contributed by atoms with Crippen LogP contribution in [0.25, 0.3) is 0 Å². The summed E-state index contributed by atoms with van der Waals surface area (Å²) < 4.78 is 7.09. The molecule has 0 aliphatic heterocycles. The molecule has 0 bridgehead atoms. The Morgan fingerprint density at radius 2 is 2.15 bits per heavy atom. The average Bonchev–Trinajstić information content (AvgIpc) is 2.78. The Labute approximate surface area is 122 Å². The van der Waals surface area contributed by atoms with Crippen LogP contribution in [0.15, 0.2) is 30.5 Å². The van der Waals surface area contributed by atoms with Gasteiger partial charge >= 0.3 is 0 Å². The van der Waals surface area contributed by atoms with Crippen molar-refractivity contribution in [3.05, 3.63) is 46.7 Å². The molecule has 0 fully saturated rings. The van der Waals surface area contributed by atoms with Crippen molar-refractivity contribution in [3.8, 4) is 11.8 Å². The first-order valence-corrected chi connectivity index (χ1v) is 6.47. The van der Waals surface area contributed by atoms with E-state index in [9.17, 15) is 5.11 Å². The number of halogens is 1. The monoisotopic (exact) mass is 291 g/mol. The number of aliphatic hydroxyl groups excluding tert-OH is 1. The van der Waals surface area contributed by atoms with Crippen LogP contribution in [0.4, 0.5) is 0 Å². The van der Waals surface area contributed by atoms with E-state index in [4.69, 9.17) is 21.6 Å². The largest absolute Gasteiger partial charge is 0.491 e. The number of rotatable bonds is 5. The first kappa shape index (κ1) is 14.4. The summed E-state index contributed by atoms with van der Waals surface area (Å²) in [7, 11) is 0. The molecule has 0 radical (unpaired) electrons. The smallest absolute Gasteiger partial charge is 0.119 e. The van der Waals surface area contributed by atoms with E-state index in [1.165, 1.54) is 0 Å². The summed E-state index contributed by atoms with van der Waals surface area (Å²) in [6.07, 6.45) is 0.853. The molecule has 0 saturated heterocycles. The second-order valence-electron chi connectivity index (χ2n) is 4.36. The van der Waals surface area contributed by atoms with Gasteiger partial charge in [0.2, 0.25) is 0 Å². The molecule has 1 N–H and O–H groups in total. The summed E-state index contributed by atoms with van der Waals surface area (Å²) >= 11 is 5.89. The highest BCUT2D eigenvalue weighted by molar-refractivity contribution is 6.31. The first-order valence-electron chi connectivity index (χ1n) is 6.09. The van der Waals surface area contributed by atoms with E-state index >= 15 is 0 Å². The summed E-state index contributed by atoms with van der Waals surface area (Å²) in [6.45, 7) is 2.29. The quantitative estimate of drug-likeness (QED) is 0.916. The van der Waals surface area contributed by atoms with Crippen molar-refractivity contribution >= 4 is 11.6 Å². The Morgan fingerprint density at radius 3 is 2.70 bits per heavy atom. The van der Waals surface area contributed by atoms with Crippen LogP contribution >= 0.6 is 11.6 Å². The van der Waals surface area contributed by atoms with Gasteiger partial charge in [0, 0.05) is 0 Å². The van der Waals surface area contributed by atoms with E-state index in [0.29, 0.717) is 22.9 Å². The fraction of sp³-hybridized carbons (Fsp3) is 0.286. The zero-order chi connectivity index (χ0) is 14.5. The number of benzene rings is 1. The molecule has 0 saturated carbocycles. The highest BCUT2D eigenvalue weighted by Crippen LogP contribution is 2.14. The molecule has 2 aromatic rings. The topological polar surface area (TPSA) is 71.1 Å². The molecule has 1 atom stereocenters. The summed E-state index contributed by atoms with van der Waals surface area (Å²) in [5, 5.41) is 23.2. The molecule has 6 heteroatoms. The molecule has 1 heterocycles. The third-order valence-electron chi connectivity index (χ3n) is 2.85. The van der Waals surface area contributed by atoms with Crippen molar-refractivity contribution in [3.63, 3.8) is 0 Å².